The second-order valence-corrected chi connectivity index (χ2v) is 5.91. The number of halogens is 1. The largest absolute Gasteiger partial charge is 0.492 e. The molecule has 122 valence electrons. The molecule has 6 heteroatoms. The van der Waals surface area contributed by atoms with Crippen LogP contribution in [0.25, 0.3) is 0 Å². The van der Waals surface area contributed by atoms with Crippen molar-refractivity contribution in [2.45, 2.75) is 18.4 Å². The first-order chi connectivity index (χ1) is 10.6. The van der Waals surface area contributed by atoms with Crippen molar-refractivity contribution in [2.75, 3.05) is 40.4 Å². The maximum absolute atomic E-state index is 12.6. The van der Waals surface area contributed by atoms with Gasteiger partial charge in [-0.25, -0.2) is 0 Å². The summed E-state index contributed by atoms with van der Waals surface area (Å²) in [5, 5.41) is 3.92. The quantitative estimate of drug-likeness (QED) is 0.868. The summed E-state index contributed by atoms with van der Waals surface area (Å²) in [6.45, 7) is 2.55. The van der Waals surface area contributed by atoms with E-state index in [1.54, 1.807) is 31.2 Å². The third kappa shape index (κ3) is 4.12. The van der Waals surface area contributed by atoms with Gasteiger partial charge >= 0.3 is 0 Å². The molecule has 1 N–H and O–H groups in total. The van der Waals surface area contributed by atoms with Crippen LogP contribution in [0.5, 0.6) is 5.75 Å². The van der Waals surface area contributed by atoms with Crippen LogP contribution in [0.3, 0.4) is 0 Å². The molecule has 1 aliphatic heterocycles. The van der Waals surface area contributed by atoms with Crippen LogP contribution in [0.1, 0.15) is 12.8 Å². The fourth-order valence-electron chi connectivity index (χ4n) is 2.62. The Balaban J connectivity index is 1.84. The predicted octanol–water partition coefficient (Wildman–Crippen LogP) is 1.95. The number of nitrogens with zero attached hydrogens (tertiary/aromatic N) is 1. The molecule has 0 unspecified atom stereocenters. The van der Waals surface area contributed by atoms with Gasteiger partial charge in [-0.2, -0.15) is 0 Å². The summed E-state index contributed by atoms with van der Waals surface area (Å²) in [4.78, 5) is 14.3. The number of hydrogen-bond donors (Lipinski definition) is 1. The zero-order valence-corrected chi connectivity index (χ0v) is 13.9. The normalized spacial score (nSPS) is 17.0. The molecular formula is C16H23ClN2O3. The van der Waals surface area contributed by atoms with Crippen molar-refractivity contribution in [1.29, 1.82) is 0 Å². The standard InChI is InChI=1S/C16H23ClN2O3/c1-19(11-12-22-14-5-3-13(17)4-6-14)15(20)16(21-2)7-9-18-10-8-16/h3-6,18H,7-12H2,1-2H3. The second-order valence-electron chi connectivity index (χ2n) is 5.48. The molecule has 1 saturated heterocycles. The fraction of sp³-hybridized carbons (Fsp3) is 0.562. The number of amides is 1. The van der Waals surface area contributed by atoms with Gasteiger partial charge in [0.1, 0.15) is 18.0 Å². The lowest BCUT2D eigenvalue weighted by molar-refractivity contribution is -0.157. The molecule has 5 nitrogen and oxygen atoms in total. The van der Waals surface area contributed by atoms with Gasteiger partial charge in [0, 0.05) is 19.2 Å². The van der Waals surface area contributed by atoms with Crippen LogP contribution in [0, 0.1) is 0 Å². The maximum atomic E-state index is 12.6. The van der Waals surface area contributed by atoms with Gasteiger partial charge < -0.3 is 19.7 Å². The molecule has 1 aliphatic rings. The third-order valence-corrected chi connectivity index (χ3v) is 4.30. The molecule has 1 aromatic carbocycles. The SMILES string of the molecule is COC1(C(=O)N(C)CCOc2ccc(Cl)cc2)CCNCC1. The lowest BCUT2D eigenvalue weighted by Gasteiger charge is -2.37. The van der Waals surface area contributed by atoms with E-state index in [0.29, 0.717) is 31.0 Å². The topological polar surface area (TPSA) is 50.8 Å². The number of carbonyl (C=O) groups is 1. The van der Waals surface area contributed by atoms with E-state index in [4.69, 9.17) is 21.1 Å². The lowest BCUT2D eigenvalue weighted by Crippen LogP contribution is -2.55. The number of ether oxygens (including phenoxy) is 2. The number of methoxy groups -OCH3 is 1. The second kappa shape index (κ2) is 7.81. The van der Waals surface area contributed by atoms with Gasteiger partial charge in [0.15, 0.2) is 0 Å². The van der Waals surface area contributed by atoms with Crippen LogP contribution in [-0.4, -0.2) is 56.8 Å². The number of rotatable bonds is 6. The average molecular weight is 327 g/mol. The van der Waals surface area contributed by atoms with E-state index >= 15 is 0 Å². The summed E-state index contributed by atoms with van der Waals surface area (Å²) in [5.74, 6) is 0.768. The minimum absolute atomic E-state index is 0.0243. The van der Waals surface area contributed by atoms with Crippen LogP contribution in [0.4, 0.5) is 0 Å². The van der Waals surface area contributed by atoms with Gasteiger partial charge in [-0.1, -0.05) is 11.6 Å². The molecule has 0 saturated carbocycles. The van der Waals surface area contributed by atoms with Crippen LogP contribution < -0.4 is 10.1 Å². The van der Waals surface area contributed by atoms with Crippen LogP contribution >= 0.6 is 11.6 Å². The molecule has 1 heterocycles. The zero-order chi connectivity index (χ0) is 16.0. The van der Waals surface area contributed by atoms with Crippen LogP contribution in [0.15, 0.2) is 24.3 Å². The van der Waals surface area contributed by atoms with E-state index in [1.807, 2.05) is 12.1 Å². The summed E-state index contributed by atoms with van der Waals surface area (Å²) in [6.07, 6.45) is 1.40. The third-order valence-electron chi connectivity index (χ3n) is 4.05. The van der Waals surface area contributed by atoms with E-state index in [9.17, 15) is 4.79 Å². The van der Waals surface area contributed by atoms with Gasteiger partial charge in [-0.3, -0.25) is 4.79 Å². The Morgan fingerprint density at radius 2 is 1.95 bits per heavy atom. The Bertz CT molecular complexity index is 487. The highest BCUT2D eigenvalue weighted by molar-refractivity contribution is 6.30. The fourth-order valence-corrected chi connectivity index (χ4v) is 2.74. The summed E-state index contributed by atoms with van der Waals surface area (Å²) in [6, 6.07) is 7.18. The van der Waals surface area contributed by atoms with Crippen molar-refractivity contribution in [3.63, 3.8) is 0 Å². The van der Waals surface area contributed by atoms with Gasteiger partial charge in [0.05, 0.1) is 6.54 Å². The first-order valence-electron chi connectivity index (χ1n) is 7.47. The monoisotopic (exact) mass is 326 g/mol. The van der Waals surface area contributed by atoms with Crippen molar-refractivity contribution < 1.29 is 14.3 Å². The number of piperidine rings is 1. The molecular weight excluding hydrogens is 304 g/mol. The molecule has 1 fully saturated rings. The minimum Gasteiger partial charge on any atom is -0.492 e. The predicted molar refractivity (Wildman–Crippen MR) is 86.4 cm³/mol. The van der Waals surface area contributed by atoms with E-state index < -0.39 is 5.60 Å². The molecule has 2 rings (SSSR count). The van der Waals surface area contributed by atoms with Crippen molar-refractivity contribution in [3.05, 3.63) is 29.3 Å². The summed E-state index contributed by atoms with van der Waals surface area (Å²) in [7, 11) is 3.40. The summed E-state index contributed by atoms with van der Waals surface area (Å²) in [5.41, 5.74) is -0.694. The summed E-state index contributed by atoms with van der Waals surface area (Å²) >= 11 is 5.83. The Morgan fingerprint density at radius 3 is 2.55 bits per heavy atom. The molecule has 0 spiro atoms. The highest BCUT2D eigenvalue weighted by Gasteiger charge is 2.41. The van der Waals surface area contributed by atoms with E-state index in [2.05, 4.69) is 5.32 Å². The first kappa shape index (κ1) is 17.1. The van der Waals surface area contributed by atoms with Crippen molar-refractivity contribution in [3.8, 4) is 5.75 Å². The zero-order valence-electron chi connectivity index (χ0n) is 13.1. The first-order valence-corrected chi connectivity index (χ1v) is 7.85. The van der Waals surface area contributed by atoms with Crippen LogP contribution in [0.2, 0.25) is 5.02 Å². The molecule has 1 amide bonds. The van der Waals surface area contributed by atoms with E-state index in [-0.39, 0.29) is 5.91 Å². The molecule has 0 aromatic heterocycles. The Hall–Kier alpha value is -1.30. The van der Waals surface area contributed by atoms with E-state index in [1.165, 1.54) is 0 Å². The molecule has 0 bridgehead atoms. The number of carbonyl (C=O) groups excluding carboxylic acids is 1. The van der Waals surface area contributed by atoms with Gasteiger partial charge in [0.25, 0.3) is 5.91 Å². The Morgan fingerprint density at radius 1 is 1.32 bits per heavy atom. The number of hydrogen-bond acceptors (Lipinski definition) is 4. The molecule has 0 aliphatic carbocycles. The molecule has 0 radical (unpaired) electrons. The molecule has 1 aromatic rings. The van der Waals surface area contributed by atoms with Gasteiger partial charge in [0.2, 0.25) is 0 Å². The summed E-state index contributed by atoms with van der Waals surface area (Å²) < 4.78 is 11.2. The minimum atomic E-state index is -0.694. The maximum Gasteiger partial charge on any atom is 0.254 e. The highest BCUT2D eigenvalue weighted by Crippen LogP contribution is 2.24. The van der Waals surface area contributed by atoms with Crippen LogP contribution in [-0.2, 0) is 9.53 Å². The van der Waals surface area contributed by atoms with Gasteiger partial charge in [-0.05, 0) is 50.2 Å². The number of likely N-dealkylation sites (N-methyl/N-ethyl adjacent to an activating group) is 1. The van der Waals surface area contributed by atoms with E-state index in [0.717, 1.165) is 18.8 Å². The van der Waals surface area contributed by atoms with Gasteiger partial charge in [-0.15, -0.1) is 0 Å². The average Bonchev–Trinajstić information content (AvgIpc) is 2.56. The smallest absolute Gasteiger partial charge is 0.254 e. The Labute approximate surface area is 136 Å². The Kier molecular flexibility index (Phi) is 6.06. The lowest BCUT2D eigenvalue weighted by atomic mass is 9.90. The van der Waals surface area contributed by atoms with Crippen molar-refractivity contribution >= 4 is 17.5 Å². The molecule has 22 heavy (non-hydrogen) atoms. The molecule has 0 atom stereocenters. The highest BCUT2D eigenvalue weighted by atomic mass is 35.5. The number of benzene rings is 1. The van der Waals surface area contributed by atoms with Crippen molar-refractivity contribution in [2.24, 2.45) is 0 Å². The van der Waals surface area contributed by atoms with Crippen molar-refractivity contribution in [1.82, 2.24) is 10.2 Å². The number of nitrogens with one attached hydrogen (secondary N) is 1.